The van der Waals surface area contributed by atoms with Crippen LogP contribution < -0.4 is 10.6 Å². The van der Waals surface area contributed by atoms with Gasteiger partial charge in [0.25, 0.3) is 5.17 Å². The Morgan fingerprint density at radius 2 is 2.25 bits per heavy atom. The van der Waals surface area contributed by atoms with Crippen LogP contribution in [-0.2, 0) is 0 Å². The van der Waals surface area contributed by atoms with E-state index in [1.54, 1.807) is 4.90 Å². The van der Waals surface area contributed by atoms with E-state index in [9.17, 15) is 0 Å². The van der Waals surface area contributed by atoms with Gasteiger partial charge < -0.3 is 15.5 Å². The molecule has 6 heteroatoms. The number of benzene rings is 1. The van der Waals surface area contributed by atoms with E-state index in [-0.39, 0.29) is 0 Å². The van der Waals surface area contributed by atoms with Gasteiger partial charge in [0.2, 0.25) is 0 Å². The Balaban J connectivity index is 3.00. The summed E-state index contributed by atoms with van der Waals surface area (Å²) in [5.41, 5.74) is 0.773. The van der Waals surface area contributed by atoms with Crippen LogP contribution in [0.3, 0.4) is 0 Å². The number of nitrogens with two attached hydrogens (primary N) is 1. The van der Waals surface area contributed by atoms with E-state index in [4.69, 9.17) is 22.8 Å². The maximum absolute atomic E-state index is 5.52. The Hall–Kier alpha value is -1.14. The molecule has 0 atom stereocenters. The lowest BCUT2D eigenvalue weighted by Crippen LogP contribution is -2.25. The largest absolute Gasteiger partial charge is 0.431 e. The number of thiocarbonyl (C=S) groups is 1. The molecule has 0 saturated heterocycles. The predicted molar refractivity (Wildman–Crippen MR) is 72.8 cm³/mol. The van der Waals surface area contributed by atoms with E-state index in [1.165, 1.54) is 6.21 Å². The van der Waals surface area contributed by atoms with E-state index in [2.05, 4.69) is 21.0 Å². The Morgan fingerprint density at radius 3 is 2.81 bits per heavy atom. The van der Waals surface area contributed by atoms with Crippen molar-refractivity contribution in [2.75, 3.05) is 14.1 Å². The van der Waals surface area contributed by atoms with Crippen molar-refractivity contribution in [3.63, 3.8) is 0 Å². The summed E-state index contributed by atoms with van der Waals surface area (Å²) in [6.07, 6.45) is 1.51. The molecule has 0 aliphatic rings. The van der Waals surface area contributed by atoms with Gasteiger partial charge in [-0.05, 0) is 30.4 Å². The number of hydrogen-bond acceptors (Lipinski definition) is 4. The van der Waals surface area contributed by atoms with Crippen molar-refractivity contribution in [2.24, 2.45) is 10.9 Å². The monoisotopic (exact) mass is 301 g/mol. The molecule has 0 bridgehead atoms. The highest BCUT2D eigenvalue weighted by Crippen LogP contribution is 2.23. The summed E-state index contributed by atoms with van der Waals surface area (Å²) in [5.74, 6) is 5.73. The van der Waals surface area contributed by atoms with E-state index in [0.29, 0.717) is 10.9 Å². The smallest absolute Gasteiger partial charge is 0.264 e. The highest BCUT2D eigenvalue weighted by molar-refractivity contribution is 9.10. The fourth-order valence-electron chi connectivity index (χ4n) is 0.969. The Labute approximate surface area is 108 Å². The normalized spacial score (nSPS) is 10.4. The molecule has 0 heterocycles. The SMILES string of the molecule is CN(C)C(=S)Oc1cc(Br)ccc1C=NN. The first kappa shape index (κ1) is 12.9. The second kappa shape index (κ2) is 5.81. The molecule has 1 aromatic carbocycles. The van der Waals surface area contributed by atoms with Gasteiger partial charge in [-0.2, -0.15) is 5.10 Å². The average molecular weight is 302 g/mol. The number of rotatable bonds is 2. The second-order valence-corrected chi connectivity index (χ2v) is 4.49. The van der Waals surface area contributed by atoms with Gasteiger partial charge in [-0.1, -0.05) is 15.9 Å². The number of nitrogens with zero attached hydrogens (tertiary/aromatic N) is 2. The standard InChI is InChI=1S/C10H12BrN3OS/c1-14(2)10(16)15-9-5-8(11)4-3-7(9)6-13-12/h3-6H,12H2,1-2H3. The summed E-state index contributed by atoms with van der Waals surface area (Å²) in [4.78, 5) is 1.71. The summed E-state index contributed by atoms with van der Waals surface area (Å²) in [7, 11) is 3.63. The first-order valence-electron chi connectivity index (χ1n) is 4.46. The van der Waals surface area contributed by atoms with Crippen LogP contribution in [0.25, 0.3) is 0 Å². The molecule has 1 aromatic rings. The van der Waals surface area contributed by atoms with Crippen LogP contribution in [0.2, 0.25) is 0 Å². The van der Waals surface area contributed by atoms with E-state index in [0.717, 1.165) is 10.0 Å². The topological polar surface area (TPSA) is 50.8 Å². The molecule has 4 nitrogen and oxygen atoms in total. The van der Waals surface area contributed by atoms with Crippen LogP contribution in [0, 0.1) is 0 Å². The van der Waals surface area contributed by atoms with Crippen LogP contribution in [0.4, 0.5) is 0 Å². The van der Waals surface area contributed by atoms with Gasteiger partial charge in [0, 0.05) is 24.1 Å². The minimum atomic E-state index is 0.379. The van der Waals surface area contributed by atoms with Crippen molar-refractivity contribution < 1.29 is 4.74 Å². The lowest BCUT2D eigenvalue weighted by atomic mass is 10.2. The fraction of sp³-hybridized carbons (Fsp3) is 0.200. The lowest BCUT2D eigenvalue weighted by molar-refractivity contribution is 0.449. The molecule has 0 aromatic heterocycles. The molecule has 0 aliphatic carbocycles. The van der Waals surface area contributed by atoms with Crippen molar-refractivity contribution in [3.8, 4) is 5.75 Å². The molecule has 0 amide bonds. The predicted octanol–water partition coefficient (Wildman–Crippen LogP) is 1.97. The highest BCUT2D eigenvalue weighted by atomic mass is 79.9. The summed E-state index contributed by atoms with van der Waals surface area (Å²) < 4.78 is 6.42. The summed E-state index contributed by atoms with van der Waals surface area (Å²) in [6.45, 7) is 0. The second-order valence-electron chi connectivity index (χ2n) is 3.22. The van der Waals surface area contributed by atoms with Crippen molar-refractivity contribution in [1.82, 2.24) is 4.90 Å². The summed E-state index contributed by atoms with van der Waals surface area (Å²) >= 11 is 8.42. The number of hydrazone groups is 1. The summed E-state index contributed by atoms with van der Waals surface area (Å²) in [5, 5.41) is 3.85. The molecule has 16 heavy (non-hydrogen) atoms. The van der Waals surface area contributed by atoms with Crippen molar-refractivity contribution in [1.29, 1.82) is 0 Å². The third-order valence-corrected chi connectivity index (χ3v) is 2.69. The Kier molecular flexibility index (Phi) is 4.70. The summed E-state index contributed by atoms with van der Waals surface area (Å²) in [6, 6.07) is 5.53. The van der Waals surface area contributed by atoms with Gasteiger partial charge in [-0.25, -0.2) is 0 Å². The zero-order valence-electron chi connectivity index (χ0n) is 8.98. The first-order valence-corrected chi connectivity index (χ1v) is 5.66. The maximum Gasteiger partial charge on any atom is 0.264 e. The Bertz CT molecular complexity index is 421. The quantitative estimate of drug-likeness (QED) is 0.393. The van der Waals surface area contributed by atoms with Crippen molar-refractivity contribution in [2.45, 2.75) is 0 Å². The van der Waals surface area contributed by atoms with Crippen LogP contribution in [0.15, 0.2) is 27.8 Å². The molecule has 0 unspecified atom stereocenters. The minimum Gasteiger partial charge on any atom is -0.431 e. The minimum absolute atomic E-state index is 0.379. The van der Waals surface area contributed by atoms with Crippen LogP contribution >= 0.6 is 28.1 Å². The van der Waals surface area contributed by atoms with Gasteiger partial charge >= 0.3 is 0 Å². The molecule has 0 radical (unpaired) electrons. The fourth-order valence-corrected chi connectivity index (χ4v) is 1.40. The molecule has 86 valence electrons. The lowest BCUT2D eigenvalue weighted by Gasteiger charge is -2.15. The molecule has 0 fully saturated rings. The zero-order chi connectivity index (χ0) is 12.1. The van der Waals surface area contributed by atoms with E-state index in [1.807, 2.05) is 32.3 Å². The van der Waals surface area contributed by atoms with Crippen LogP contribution in [0.5, 0.6) is 5.75 Å². The molecular weight excluding hydrogens is 290 g/mol. The number of ether oxygens (including phenoxy) is 1. The average Bonchev–Trinajstić information content (AvgIpc) is 2.22. The number of hydrogen-bond donors (Lipinski definition) is 1. The van der Waals surface area contributed by atoms with Gasteiger partial charge in [0.15, 0.2) is 0 Å². The van der Waals surface area contributed by atoms with Crippen LogP contribution in [-0.4, -0.2) is 30.4 Å². The zero-order valence-corrected chi connectivity index (χ0v) is 11.4. The van der Waals surface area contributed by atoms with E-state index >= 15 is 0 Å². The van der Waals surface area contributed by atoms with Gasteiger partial charge in [0.05, 0.1) is 6.21 Å². The van der Waals surface area contributed by atoms with E-state index < -0.39 is 0 Å². The molecule has 2 N–H and O–H groups in total. The molecule has 1 rings (SSSR count). The number of halogens is 1. The highest BCUT2D eigenvalue weighted by Gasteiger charge is 2.07. The van der Waals surface area contributed by atoms with Gasteiger partial charge in [-0.15, -0.1) is 0 Å². The Morgan fingerprint density at radius 1 is 1.56 bits per heavy atom. The van der Waals surface area contributed by atoms with Gasteiger partial charge in [-0.3, -0.25) is 0 Å². The first-order chi connectivity index (χ1) is 7.54. The molecule has 0 aliphatic heterocycles. The maximum atomic E-state index is 5.52. The third kappa shape index (κ3) is 3.46. The van der Waals surface area contributed by atoms with Crippen molar-refractivity contribution in [3.05, 3.63) is 28.2 Å². The molecule has 0 spiro atoms. The third-order valence-electron chi connectivity index (χ3n) is 1.75. The van der Waals surface area contributed by atoms with Crippen molar-refractivity contribution >= 4 is 39.5 Å². The molecular formula is C10H12BrN3OS. The van der Waals surface area contributed by atoms with Gasteiger partial charge in [0.1, 0.15) is 5.75 Å². The molecule has 0 saturated carbocycles. The van der Waals surface area contributed by atoms with Crippen LogP contribution in [0.1, 0.15) is 5.56 Å².